The standard InChI is InChI=1S/C15H21FN2O.ClH/c1-9-6-7-11-12(4-3-5-13(11)16)15(9)18-14(19)8-10(2)17;/h3-5,9-10,15H,6-8,17H2,1-2H3,(H,18,19);1H. The molecule has 3 N–H and O–H groups in total. The lowest BCUT2D eigenvalue weighted by atomic mass is 9.80. The number of amides is 1. The highest BCUT2D eigenvalue weighted by molar-refractivity contribution is 5.85. The van der Waals surface area contributed by atoms with Crippen molar-refractivity contribution in [3.8, 4) is 0 Å². The van der Waals surface area contributed by atoms with E-state index < -0.39 is 0 Å². The molecule has 0 radical (unpaired) electrons. The topological polar surface area (TPSA) is 55.1 Å². The number of fused-ring (bicyclic) bond motifs is 1. The third-order valence-corrected chi connectivity index (χ3v) is 3.73. The number of carbonyl (C=O) groups is 1. The Morgan fingerprint density at radius 2 is 2.25 bits per heavy atom. The molecule has 1 amide bonds. The van der Waals surface area contributed by atoms with Crippen molar-refractivity contribution in [3.63, 3.8) is 0 Å². The first-order valence-corrected chi connectivity index (χ1v) is 6.81. The number of carbonyl (C=O) groups excluding carboxylic acids is 1. The van der Waals surface area contributed by atoms with Gasteiger partial charge in [0.1, 0.15) is 5.82 Å². The lowest BCUT2D eigenvalue weighted by Crippen LogP contribution is -2.38. The van der Waals surface area contributed by atoms with Gasteiger partial charge in [0.05, 0.1) is 6.04 Å². The summed E-state index contributed by atoms with van der Waals surface area (Å²) in [5, 5.41) is 3.00. The SMILES string of the molecule is CC(N)CC(=O)NC1c2cccc(F)c2CCC1C.Cl. The van der Waals surface area contributed by atoms with Crippen molar-refractivity contribution in [2.24, 2.45) is 11.7 Å². The third kappa shape index (κ3) is 3.70. The molecule has 1 aromatic carbocycles. The molecule has 0 aliphatic heterocycles. The van der Waals surface area contributed by atoms with Gasteiger partial charge in [-0.05, 0) is 42.9 Å². The minimum atomic E-state index is -0.171. The zero-order valence-electron chi connectivity index (χ0n) is 11.9. The number of rotatable bonds is 3. The highest BCUT2D eigenvalue weighted by Gasteiger charge is 2.29. The number of halogens is 2. The van der Waals surface area contributed by atoms with Gasteiger partial charge >= 0.3 is 0 Å². The minimum Gasteiger partial charge on any atom is -0.349 e. The van der Waals surface area contributed by atoms with Gasteiger partial charge in [0.25, 0.3) is 0 Å². The van der Waals surface area contributed by atoms with Crippen LogP contribution in [0.5, 0.6) is 0 Å². The van der Waals surface area contributed by atoms with Crippen molar-refractivity contribution in [1.29, 1.82) is 0 Å². The molecular weight excluding hydrogens is 279 g/mol. The maximum atomic E-state index is 13.8. The Balaban J connectivity index is 0.00000200. The van der Waals surface area contributed by atoms with Gasteiger partial charge < -0.3 is 11.1 Å². The van der Waals surface area contributed by atoms with Crippen LogP contribution in [0.1, 0.15) is 43.9 Å². The summed E-state index contributed by atoms with van der Waals surface area (Å²) in [5.41, 5.74) is 7.29. The Bertz CT molecular complexity index is 479. The zero-order valence-corrected chi connectivity index (χ0v) is 12.7. The van der Waals surface area contributed by atoms with Crippen molar-refractivity contribution >= 4 is 18.3 Å². The number of nitrogens with two attached hydrogens (primary N) is 1. The summed E-state index contributed by atoms with van der Waals surface area (Å²) in [5.74, 6) is 0.0751. The second kappa shape index (κ2) is 7.04. The summed E-state index contributed by atoms with van der Waals surface area (Å²) < 4.78 is 13.8. The van der Waals surface area contributed by atoms with E-state index in [1.54, 1.807) is 13.0 Å². The summed E-state index contributed by atoms with van der Waals surface area (Å²) in [4.78, 5) is 11.9. The van der Waals surface area contributed by atoms with Crippen LogP contribution in [-0.4, -0.2) is 11.9 Å². The first-order chi connectivity index (χ1) is 8.99. The molecular formula is C15H22ClFN2O. The molecule has 0 bridgehead atoms. The molecule has 3 nitrogen and oxygen atoms in total. The van der Waals surface area contributed by atoms with Crippen LogP contribution in [0, 0.1) is 11.7 Å². The van der Waals surface area contributed by atoms with Crippen LogP contribution in [0.15, 0.2) is 18.2 Å². The van der Waals surface area contributed by atoms with E-state index in [4.69, 9.17) is 5.73 Å². The summed E-state index contributed by atoms with van der Waals surface area (Å²) >= 11 is 0. The first-order valence-electron chi connectivity index (χ1n) is 6.81. The highest BCUT2D eigenvalue weighted by Crippen LogP contribution is 2.35. The Kier molecular flexibility index (Phi) is 5.96. The smallest absolute Gasteiger partial charge is 0.222 e. The summed E-state index contributed by atoms with van der Waals surface area (Å²) in [7, 11) is 0. The second-order valence-corrected chi connectivity index (χ2v) is 5.55. The van der Waals surface area contributed by atoms with Crippen LogP contribution in [0.2, 0.25) is 0 Å². The second-order valence-electron chi connectivity index (χ2n) is 5.55. The molecule has 1 aliphatic rings. The molecule has 2 rings (SSSR count). The van der Waals surface area contributed by atoms with E-state index in [9.17, 15) is 9.18 Å². The van der Waals surface area contributed by atoms with Gasteiger partial charge in [0, 0.05) is 12.5 Å². The van der Waals surface area contributed by atoms with E-state index in [-0.39, 0.29) is 36.2 Å². The van der Waals surface area contributed by atoms with Crippen molar-refractivity contribution in [1.82, 2.24) is 5.32 Å². The molecule has 112 valence electrons. The molecule has 1 aromatic rings. The molecule has 0 spiro atoms. The molecule has 0 saturated carbocycles. The molecule has 3 unspecified atom stereocenters. The Labute approximate surface area is 125 Å². The molecule has 0 saturated heterocycles. The predicted molar refractivity (Wildman–Crippen MR) is 80.3 cm³/mol. The monoisotopic (exact) mass is 300 g/mol. The maximum absolute atomic E-state index is 13.8. The number of hydrogen-bond donors (Lipinski definition) is 2. The molecule has 0 fully saturated rings. The van der Waals surface area contributed by atoms with Gasteiger partial charge in [-0.15, -0.1) is 12.4 Å². The Morgan fingerprint density at radius 3 is 2.90 bits per heavy atom. The van der Waals surface area contributed by atoms with E-state index in [1.807, 2.05) is 6.07 Å². The van der Waals surface area contributed by atoms with E-state index in [2.05, 4.69) is 12.2 Å². The molecule has 5 heteroatoms. The molecule has 0 aromatic heterocycles. The number of hydrogen-bond acceptors (Lipinski definition) is 2. The van der Waals surface area contributed by atoms with E-state index >= 15 is 0 Å². The van der Waals surface area contributed by atoms with E-state index in [0.29, 0.717) is 12.3 Å². The Hall–Kier alpha value is -1.13. The van der Waals surface area contributed by atoms with Crippen LogP contribution in [0.3, 0.4) is 0 Å². The van der Waals surface area contributed by atoms with Gasteiger partial charge in [0.15, 0.2) is 0 Å². The van der Waals surface area contributed by atoms with Crippen LogP contribution >= 0.6 is 12.4 Å². The highest BCUT2D eigenvalue weighted by atomic mass is 35.5. The zero-order chi connectivity index (χ0) is 14.0. The fourth-order valence-electron chi connectivity index (χ4n) is 2.72. The third-order valence-electron chi connectivity index (χ3n) is 3.73. The fourth-order valence-corrected chi connectivity index (χ4v) is 2.72. The van der Waals surface area contributed by atoms with Gasteiger partial charge in [-0.2, -0.15) is 0 Å². The minimum absolute atomic E-state index is 0. The van der Waals surface area contributed by atoms with Crippen LogP contribution < -0.4 is 11.1 Å². The van der Waals surface area contributed by atoms with Gasteiger partial charge in [-0.25, -0.2) is 4.39 Å². The summed E-state index contributed by atoms with van der Waals surface area (Å²) in [6, 6.07) is 4.83. The number of benzene rings is 1. The largest absolute Gasteiger partial charge is 0.349 e. The molecule has 3 atom stereocenters. The van der Waals surface area contributed by atoms with Gasteiger partial charge in [0.2, 0.25) is 5.91 Å². The van der Waals surface area contributed by atoms with E-state index in [1.165, 1.54) is 6.07 Å². The molecule has 1 aliphatic carbocycles. The van der Waals surface area contributed by atoms with Crippen molar-refractivity contribution in [2.45, 2.75) is 45.2 Å². The van der Waals surface area contributed by atoms with Crippen molar-refractivity contribution in [2.75, 3.05) is 0 Å². The number of nitrogens with one attached hydrogen (secondary N) is 1. The maximum Gasteiger partial charge on any atom is 0.222 e. The van der Waals surface area contributed by atoms with Crippen molar-refractivity contribution in [3.05, 3.63) is 35.1 Å². The lowest BCUT2D eigenvalue weighted by Gasteiger charge is -2.32. The van der Waals surface area contributed by atoms with Crippen LogP contribution in [0.25, 0.3) is 0 Å². The van der Waals surface area contributed by atoms with Crippen molar-refractivity contribution < 1.29 is 9.18 Å². The van der Waals surface area contributed by atoms with Crippen LogP contribution in [0.4, 0.5) is 4.39 Å². The normalized spacial score (nSPS) is 22.4. The average Bonchev–Trinajstić information content (AvgIpc) is 2.32. The molecule has 0 heterocycles. The summed E-state index contributed by atoms with van der Waals surface area (Å²) in [6.07, 6.45) is 1.92. The fraction of sp³-hybridized carbons (Fsp3) is 0.533. The van der Waals surface area contributed by atoms with Gasteiger partial charge in [-0.3, -0.25) is 4.79 Å². The average molecular weight is 301 g/mol. The predicted octanol–water partition coefficient (Wildman–Crippen LogP) is 2.72. The Morgan fingerprint density at radius 1 is 1.55 bits per heavy atom. The molecule has 20 heavy (non-hydrogen) atoms. The van der Waals surface area contributed by atoms with Gasteiger partial charge in [-0.1, -0.05) is 19.1 Å². The van der Waals surface area contributed by atoms with E-state index in [0.717, 1.165) is 24.0 Å². The quantitative estimate of drug-likeness (QED) is 0.902. The first kappa shape index (κ1) is 16.9. The van der Waals surface area contributed by atoms with Crippen LogP contribution in [-0.2, 0) is 11.2 Å². The summed E-state index contributed by atoms with van der Waals surface area (Å²) in [6.45, 7) is 3.89. The lowest BCUT2D eigenvalue weighted by molar-refractivity contribution is -0.122.